The Hall–Kier alpha value is 0.250. The lowest BCUT2D eigenvalue weighted by atomic mass is 10.1. The van der Waals surface area contributed by atoms with Crippen molar-refractivity contribution in [2.24, 2.45) is 0 Å². The minimum absolute atomic E-state index is 0.205. The molecule has 82 valence electrons. The van der Waals surface area contributed by atoms with Crippen molar-refractivity contribution < 1.29 is 5.11 Å². The zero-order valence-electron chi connectivity index (χ0n) is 9.06. The lowest BCUT2D eigenvalue weighted by Crippen LogP contribution is -2.04. The number of halogens is 1. The predicted molar refractivity (Wildman–Crippen MR) is 70.4 cm³/mol. The van der Waals surface area contributed by atoms with Gasteiger partial charge in [0.25, 0.3) is 0 Å². The van der Waals surface area contributed by atoms with Crippen LogP contribution in [0.3, 0.4) is 0 Å². The van der Waals surface area contributed by atoms with E-state index in [1.807, 2.05) is 22.6 Å². The van der Waals surface area contributed by atoms with Crippen LogP contribution in [0, 0.1) is 9.85 Å². The summed E-state index contributed by atoms with van der Waals surface area (Å²) in [5.74, 6) is 2.90. The van der Waals surface area contributed by atoms with Crippen LogP contribution in [0.2, 0.25) is 0 Å². The highest BCUT2D eigenvalue weighted by atomic mass is 127. The van der Waals surface area contributed by atoms with E-state index in [2.05, 4.69) is 16.8 Å². The summed E-state index contributed by atoms with van der Waals surface area (Å²) in [5.41, 5.74) is 0. The topological polar surface area (TPSA) is 20.2 Å². The SMILES string of the molecule is CCCCCCCCC(O)CC#CI. The van der Waals surface area contributed by atoms with Crippen LogP contribution in [0.1, 0.15) is 58.3 Å². The van der Waals surface area contributed by atoms with Crippen molar-refractivity contribution >= 4 is 22.6 Å². The zero-order chi connectivity index (χ0) is 10.6. The summed E-state index contributed by atoms with van der Waals surface area (Å²) in [6, 6.07) is 0. The maximum absolute atomic E-state index is 9.48. The fraction of sp³-hybridized carbons (Fsp3) is 0.833. The molecule has 0 aliphatic carbocycles. The molecule has 0 aromatic heterocycles. The third kappa shape index (κ3) is 10.3. The van der Waals surface area contributed by atoms with Gasteiger partial charge in [0, 0.05) is 29.0 Å². The van der Waals surface area contributed by atoms with E-state index in [9.17, 15) is 5.11 Å². The van der Waals surface area contributed by atoms with Crippen molar-refractivity contribution in [3.05, 3.63) is 0 Å². The van der Waals surface area contributed by atoms with Gasteiger partial charge >= 0.3 is 0 Å². The van der Waals surface area contributed by atoms with Gasteiger partial charge in [-0.15, -0.1) is 0 Å². The molecule has 0 saturated heterocycles. The number of unbranched alkanes of at least 4 members (excludes halogenated alkanes) is 5. The van der Waals surface area contributed by atoms with Crippen LogP contribution < -0.4 is 0 Å². The molecule has 1 atom stereocenters. The first-order chi connectivity index (χ1) is 6.81. The molecule has 0 aromatic rings. The third-order valence-electron chi connectivity index (χ3n) is 2.30. The quantitative estimate of drug-likeness (QED) is 0.410. The van der Waals surface area contributed by atoms with E-state index < -0.39 is 0 Å². The molecule has 0 amide bonds. The smallest absolute Gasteiger partial charge is 0.0649 e. The summed E-state index contributed by atoms with van der Waals surface area (Å²) in [6.45, 7) is 2.23. The van der Waals surface area contributed by atoms with Crippen LogP contribution in [-0.2, 0) is 0 Å². The van der Waals surface area contributed by atoms with Gasteiger partial charge in [0.1, 0.15) is 0 Å². The van der Waals surface area contributed by atoms with Crippen LogP contribution in [0.5, 0.6) is 0 Å². The summed E-state index contributed by atoms with van der Waals surface area (Å²) in [6.07, 6.45) is 9.07. The highest BCUT2D eigenvalue weighted by Crippen LogP contribution is 2.09. The van der Waals surface area contributed by atoms with Gasteiger partial charge in [-0.3, -0.25) is 0 Å². The molecule has 0 aliphatic rings. The van der Waals surface area contributed by atoms with Gasteiger partial charge in [-0.2, -0.15) is 0 Å². The molecule has 1 N–H and O–H groups in total. The van der Waals surface area contributed by atoms with E-state index in [4.69, 9.17) is 0 Å². The number of hydrogen-bond donors (Lipinski definition) is 1. The van der Waals surface area contributed by atoms with Gasteiger partial charge in [0.05, 0.1) is 6.10 Å². The minimum atomic E-state index is -0.205. The maximum Gasteiger partial charge on any atom is 0.0649 e. The Morgan fingerprint density at radius 3 is 2.43 bits per heavy atom. The molecule has 0 aromatic carbocycles. The van der Waals surface area contributed by atoms with Crippen LogP contribution in [0.25, 0.3) is 0 Å². The molecule has 14 heavy (non-hydrogen) atoms. The van der Waals surface area contributed by atoms with Crippen molar-refractivity contribution in [1.82, 2.24) is 0 Å². The lowest BCUT2D eigenvalue weighted by Gasteiger charge is -2.05. The van der Waals surface area contributed by atoms with E-state index in [1.165, 1.54) is 32.1 Å². The second-order valence-electron chi connectivity index (χ2n) is 3.69. The third-order valence-corrected chi connectivity index (χ3v) is 2.68. The van der Waals surface area contributed by atoms with E-state index in [1.54, 1.807) is 0 Å². The van der Waals surface area contributed by atoms with E-state index >= 15 is 0 Å². The molecular weight excluding hydrogens is 287 g/mol. The molecule has 1 nitrogen and oxygen atoms in total. The molecule has 1 unspecified atom stereocenters. The zero-order valence-corrected chi connectivity index (χ0v) is 11.2. The fourth-order valence-corrected chi connectivity index (χ4v) is 1.64. The molecule has 0 heterocycles. The normalized spacial score (nSPS) is 11.9. The predicted octanol–water partition coefficient (Wildman–Crippen LogP) is 3.88. The fourth-order valence-electron chi connectivity index (χ4n) is 1.42. The summed E-state index contributed by atoms with van der Waals surface area (Å²) < 4.78 is 2.78. The van der Waals surface area contributed by atoms with Gasteiger partial charge < -0.3 is 5.11 Å². The van der Waals surface area contributed by atoms with E-state index in [0.717, 1.165) is 12.8 Å². The Morgan fingerprint density at radius 2 is 1.79 bits per heavy atom. The molecule has 0 spiro atoms. The Morgan fingerprint density at radius 1 is 1.14 bits per heavy atom. The summed E-state index contributed by atoms with van der Waals surface area (Å²) in [4.78, 5) is 0. The summed E-state index contributed by atoms with van der Waals surface area (Å²) in [5, 5.41) is 9.48. The first-order valence-corrected chi connectivity index (χ1v) is 6.65. The van der Waals surface area contributed by atoms with Gasteiger partial charge in [0.15, 0.2) is 0 Å². The maximum atomic E-state index is 9.48. The van der Waals surface area contributed by atoms with Crippen LogP contribution in [-0.4, -0.2) is 11.2 Å². The Kier molecular flexibility index (Phi) is 11.5. The molecule has 0 fully saturated rings. The first kappa shape index (κ1) is 14.2. The van der Waals surface area contributed by atoms with E-state index in [0.29, 0.717) is 6.42 Å². The van der Waals surface area contributed by atoms with Crippen molar-refractivity contribution in [2.75, 3.05) is 0 Å². The number of hydrogen-bond acceptors (Lipinski definition) is 1. The Bertz CT molecular complexity index is 169. The number of aliphatic hydroxyl groups is 1. The monoisotopic (exact) mass is 308 g/mol. The lowest BCUT2D eigenvalue weighted by molar-refractivity contribution is 0.166. The molecule has 2 heteroatoms. The van der Waals surface area contributed by atoms with Gasteiger partial charge in [-0.05, 0) is 10.3 Å². The second kappa shape index (κ2) is 11.3. The molecular formula is C12H21IO. The highest BCUT2D eigenvalue weighted by molar-refractivity contribution is 14.1. The Balaban J connectivity index is 3.13. The molecule has 0 rings (SSSR count). The van der Waals surface area contributed by atoms with Crippen molar-refractivity contribution in [1.29, 1.82) is 0 Å². The molecule has 0 radical (unpaired) electrons. The van der Waals surface area contributed by atoms with E-state index in [-0.39, 0.29) is 6.10 Å². The number of aliphatic hydroxyl groups excluding tert-OH is 1. The molecule has 0 saturated carbocycles. The van der Waals surface area contributed by atoms with Crippen LogP contribution in [0.4, 0.5) is 0 Å². The van der Waals surface area contributed by atoms with Crippen LogP contribution in [0.15, 0.2) is 0 Å². The second-order valence-corrected chi connectivity index (χ2v) is 4.23. The number of rotatable bonds is 8. The van der Waals surface area contributed by atoms with Crippen molar-refractivity contribution in [2.45, 2.75) is 64.4 Å². The largest absolute Gasteiger partial charge is 0.392 e. The van der Waals surface area contributed by atoms with Gasteiger partial charge in [0.2, 0.25) is 0 Å². The molecule has 0 aliphatic heterocycles. The minimum Gasteiger partial charge on any atom is -0.392 e. The van der Waals surface area contributed by atoms with Gasteiger partial charge in [-0.25, -0.2) is 0 Å². The average Bonchev–Trinajstić information content (AvgIpc) is 2.20. The molecule has 0 bridgehead atoms. The van der Waals surface area contributed by atoms with Crippen LogP contribution >= 0.6 is 22.6 Å². The highest BCUT2D eigenvalue weighted by Gasteiger charge is 2.00. The average molecular weight is 308 g/mol. The van der Waals surface area contributed by atoms with Crippen molar-refractivity contribution in [3.63, 3.8) is 0 Å². The first-order valence-electron chi connectivity index (χ1n) is 5.57. The Labute approximate surface area is 102 Å². The standard InChI is InChI=1S/C12H21IO/c1-2-3-4-5-6-7-9-12(14)10-8-11-13/h12,14H,2-7,9-10H2,1H3. The van der Waals surface area contributed by atoms with Crippen molar-refractivity contribution in [3.8, 4) is 9.85 Å². The van der Waals surface area contributed by atoms with Gasteiger partial charge in [-0.1, -0.05) is 51.4 Å². The summed E-state index contributed by atoms with van der Waals surface area (Å²) >= 11 is 2.01. The summed E-state index contributed by atoms with van der Waals surface area (Å²) in [7, 11) is 0.